The van der Waals surface area contributed by atoms with Crippen molar-refractivity contribution in [2.75, 3.05) is 18.4 Å². The van der Waals surface area contributed by atoms with Crippen LogP contribution in [-0.2, 0) is 6.54 Å². The number of benzene rings is 2. The number of piperidine rings is 1. The lowest BCUT2D eigenvalue weighted by molar-refractivity contribution is 0.0694. The van der Waals surface area contributed by atoms with Gasteiger partial charge in [0.15, 0.2) is 0 Å². The van der Waals surface area contributed by atoms with Gasteiger partial charge in [0.1, 0.15) is 0 Å². The molecule has 1 aliphatic rings. The molecule has 0 bridgehead atoms. The molecule has 2 aromatic carbocycles. The van der Waals surface area contributed by atoms with E-state index in [0.29, 0.717) is 11.3 Å². The van der Waals surface area contributed by atoms with Gasteiger partial charge in [0.2, 0.25) is 0 Å². The molecule has 1 fully saturated rings. The van der Waals surface area contributed by atoms with Gasteiger partial charge in [-0.2, -0.15) is 0 Å². The molecule has 0 radical (unpaired) electrons. The number of urea groups is 1. The van der Waals surface area contributed by atoms with Crippen molar-refractivity contribution in [3.63, 3.8) is 0 Å². The van der Waals surface area contributed by atoms with E-state index in [1.165, 1.54) is 12.1 Å². The molecule has 152 valence electrons. The first-order chi connectivity index (χ1) is 13.9. The summed E-state index contributed by atoms with van der Waals surface area (Å²) in [7, 11) is 0. The maximum atomic E-state index is 12.8. The number of hydrogen-bond donors (Lipinski definition) is 3. The molecule has 1 heterocycles. The number of carbonyl (C=O) groups excluding carboxylic acids is 2. The van der Waals surface area contributed by atoms with Crippen LogP contribution in [0.15, 0.2) is 42.5 Å². The minimum atomic E-state index is -0.989. The van der Waals surface area contributed by atoms with Crippen LogP contribution in [0, 0.1) is 6.92 Å². The van der Waals surface area contributed by atoms with Gasteiger partial charge >= 0.3 is 12.0 Å². The predicted molar refractivity (Wildman–Crippen MR) is 110 cm³/mol. The molecule has 29 heavy (non-hydrogen) atoms. The predicted octanol–water partition coefficient (Wildman–Crippen LogP) is 3.64. The third-order valence-corrected chi connectivity index (χ3v) is 5.02. The fourth-order valence-electron chi connectivity index (χ4n) is 3.32. The Morgan fingerprint density at radius 3 is 2.34 bits per heavy atom. The van der Waals surface area contributed by atoms with Crippen molar-refractivity contribution in [2.45, 2.75) is 32.7 Å². The molecule has 3 N–H and O–H groups in total. The molecule has 7 nitrogen and oxygen atoms in total. The van der Waals surface area contributed by atoms with Gasteiger partial charge < -0.3 is 20.6 Å². The van der Waals surface area contributed by atoms with E-state index < -0.39 is 12.0 Å². The average Bonchev–Trinajstić information content (AvgIpc) is 2.74. The molecule has 0 atom stereocenters. The molecular weight excluding hydrogens is 370 g/mol. The second-order valence-corrected chi connectivity index (χ2v) is 7.19. The van der Waals surface area contributed by atoms with Crippen molar-refractivity contribution in [1.82, 2.24) is 10.2 Å². The highest BCUT2D eigenvalue weighted by atomic mass is 16.4. The Morgan fingerprint density at radius 1 is 1.00 bits per heavy atom. The summed E-state index contributed by atoms with van der Waals surface area (Å²) in [6.45, 7) is 3.70. The number of anilines is 1. The van der Waals surface area contributed by atoms with Crippen molar-refractivity contribution >= 4 is 23.6 Å². The van der Waals surface area contributed by atoms with Crippen LogP contribution in [0.25, 0.3) is 0 Å². The van der Waals surface area contributed by atoms with E-state index in [2.05, 4.69) is 10.6 Å². The van der Waals surface area contributed by atoms with Crippen molar-refractivity contribution in [3.8, 4) is 0 Å². The summed E-state index contributed by atoms with van der Waals surface area (Å²) < 4.78 is 0. The van der Waals surface area contributed by atoms with Gasteiger partial charge in [0.05, 0.1) is 5.56 Å². The minimum absolute atomic E-state index is 0.00442. The molecule has 0 unspecified atom stereocenters. The largest absolute Gasteiger partial charge is 0.478 e. The van der Waals surface area contributed by atoms with Crippen LogP contribution >= 0.6 is 0 Å². The lowest BCUT2D eigenvalue weighted by atomic mass is 10.0. The third-order valence-electron chi connectivity index (χ3n) is 5.02. The quantitative estimate of drug-likeness (QED) is 0.720. The van der Waals surface area contributed by atoms with Gasteiger partial charge in [0, 0.05) is 30.9 Å². The number of carboxylic acids is 1. The number of rotatable bonds is 5. The third kappa shape index (κ3) is 5.34. The van der Waals surface area contributed by atoms with Crippen LogP contribution < -0.4 is 10.6 Å². The molecule has 0 saturated carbocycles. The molecule has 0 spiro atoms. The lowest BCUT2D eigenvalue weighted by Crippen LogP contribution is -2.36. The highest BCUT2D eigenvalue weighted by Crippen LogP contribution is 2.20. The maximum absolute atomic E-state index is 12.8. The highest BCUT2D eigenvalue weighted by molar-refractivity contribution is 5.98. The first-order valence-corrected chi connectivity index (χ1v) is 9.71. The van der Waals surface area contributed by atoms with Crippen molar-refractivity contribution < 1.29 is 19.5 Å². The van der Waals surface area contributed by atoms with E-state index >= 15 is 0 Å². The van der Waals surface area contributed by atoms with Gasteiger partial charge in [-0.15, -0.1) is 0 Å². The number of carbonyl (C=O) groups is 3. The van der Waals surface area contributed by atoms with Gasteiger partial charge in [-0.05, 0) is 61.6 Å². The second kappa shape index (κ2) is 9.23. The topological polar surface area (TPSA) is 98.7 Å². The van der Waals surface area contributed by atoms with Gasteiger partial charge in [-0.3, -0.25) is 4.79 Å². The van der Waals surface area contributed by atoms with Crippen molar-refractivity contribution in [1.29, 1.82) is 0 Å². The smallest absolute Gasteiger partial charge is 0.335 e. The highest BCUT2D eigenvalue weighted by Gasteiger charge is 2.20. The molecule has 2 aromatic rings. The van der Waals surface area contributed by atoms with E-state index in [0.717, 1.165) is 43.5 Å². The molecule has 3 rings (SSSR count). The zero-order chi connectivity index (χ0) is 20.8. The van der Waals surface area contributed by atoms with Crippen molar-refractivity contribution in [3.05, 3.63) is 64.7 Å². The Morgan fingerprint density at radius 2 is 1.69 bits per heavy atom. The molecule has 7 heteroatoms. The Balaban J connectivity index is 1.60. The monoisotopic (exact) mass is 395 g/mol. The summed E-state index contributed by atoms with van der Waals surface area (Å²) in [5.74, 6) is -0.985. The Hall–Kier alpha value is -3.35. The summed E-state index contributed by atoms with van der Waals surface area (Å²) in [5.41, 5.74) is 3.02. The van der Waals surface area contributed by atoms with Crippen molar-refractivity contribution in [2.24, 2.45) is 0 Å². The summed E-state index contributed by atoms with van der Waals surface area (Å²) in [6.07, 6.45) is 3.21. The van der Waals surface area contributed by atoms with E-state index in [4.69, 9.17) is 5.11 Å². The van der Waals surface area contributed by atoms with Crippen LogP contribution in [0.3, 0.4) is 0 Å². The number of hydrogen-bond acceptors (Lipinski definition) is 3. The Kier molecular flexibility index (Phi) is 6.49. The van der Waals surface area contributed by atoms with Crippen LogP contribution in [-0.4, -0.2) is 41.0 Å². The maximum Gasteiger partial charge on any atom is 0.335 e. The van der Waals surface area contributed by atoms with Crippen LogP contribution in [0.4, 0.5) is 10.5 Å². The summed E-state index contributed by atoms with van der Waals surface area (Å²) >= 11 is 0. The molecule has 3 amide bonds. The second-order valence-electron chi connectivity index (χ2n) is 7.19. The SMILES string of the molecule is Cc1ccc(NC(=O)NCc2ccc(C(=O)O)cc2)cc1C(=O)N1CCCCC1. The number of aryl methyl sites for hydroxylation is 1. The molecule has 0 aliphatic carbocycles. The van der Waals surface area contributed by atoms with E-state index in [1.54, 1.807) is 24.3 Å². The van der Waals surface area contributed by atoms with E-state index in [1.807, 2.05) is 17.9 Å². The molecular formula is C22H25N3O4. The molecule has 1 saturated heterocycles. The first kappa shape index (κ1) is 20.4. The normalized spacial score (nSPS) is 13.6. The molecule has 1 aliphatic heterocycles. The standard InChI is InChI=1S/C22H25N3O4/c1-15-5-10-18(13-19(15)20(26)25-11-3-2-4-12-25)24-22(29)23-14-16-6-8-17(9-7-16)21(27)28/h5-10,13H,2-4,11-12,14H2,1H3,(H,27,28)(H2,23,24,29). The summed E-state index contributed by atoms with van der Waals surface area (Å²) in [4.78, 5) is 37.8. The summed E-state index contributed by atoms with van der Waals surface area (Å²) in [5, 5.41) is 14.4. The number of likely N-dealkylation sites (tertiary alicyclic amines) is 1. The number of nitrogens with zero attached hydrogens (tertiary/aromatic N) is 1. The zero-order valence-electron chi connectivity index (χ0n) is 16.4. The fourth-order valence-corrected chi connectivity index (χ4v) is 3.32. The number of carboxylic acid groups (broad SMARTS) is 1. The zero-order valence-corrected chi connectivity index (χ0v) is 16.4. The fraction of sp³-hybridized carbons (Fsp3) is 0.318. The average molecular weight is 395 g/mol. The number of amides is 3. The van der Waals surface area contributed by atoms with Gasteiger partial charge in [-0.25, -0.2) is 9.59 Å². The van der Waals surface area contributed by atoms with Crippen LogP contribution in [0.2, 0.25) is 0 Å². The van der Waals surface area contributed by atoms with Gasteiger partial charge in [0.25, 0.3) is 5.91 Å². The minimum Gasteiger partial charge on any atom is -0.478 e. The Labute approximate surface area is 169 Å². The van der Waals surface area contributed by atoms with Crippen LogP contribution in [0.1, 0.15) is 51.1 Å². The number of nitrogens with one attached hydrogen (secondary N) is 2. The number of aromatic carboxylic acids is 1. The molecule has 0 aromatic heterocycles. The Bertz CT molecular complexity index is 903. The first-order valence-electron chi connectivity index (χ1n) is 9.71. The van der Waals surface area contributed by atoms with Gasteiger partial charge in [-0.1, -0.05) is 18.2 Å². The van der Waals surface area contributed by atoms with Crippen LogP contribution in [0.5, 0.6) is 0 Å². The summed E-state index contributed by atoms with van der Waals surface area (Å²) in [6, 6.07) is 11.2. The van der Waals surface area contributed by atoms with E-state index in [-0.39, 0.29) is 18.0 Å². The van der Waals surface area contributed by atoms with E-state index in [9.17, 15) is 14.4 Å². The lowest BCUT2D eigenvalue weighted by Gasteiger charge is -2.27.